The summed E-state index contributed by atoms with van der Waals surface area (Å²) in [6.07, 6.45) is 2.46. The van der Waals surface area contributed by atoms with Gasteiger partial charge >= 0.3 is 0 Å². The molecule has 0 saturated carbocycles. The Morgan fingerprint density at radius 1 is 1.03 bits per heavy atom. The van der Waals surface area contributed by atoms with E-state index in [1.54, 1.807) is 6.07 Å². The van der Waals surface area contributed by atoms with Crippen LogP contribution in [0.15, 0.2) is 53.6 Å². The first-order valence-corrected chi connectivity index (χ1v) is 12.8. The van der Waals surface area contributed by atoms with Crippen molar-refractivity contribution in [1.29, 1.82) is 0 Å². The van der Waals surface area contributed by atoms with Gasteiger partial charge < -0.3 is 21.7 Å². The lowest BCUT2D eigenvalue weighted by atomic mass is 10.1. The average Bonchev–Trinajstić information content (AvgIpc) is 3.24. The number of piperidine rings is 1. The zero-order valence-corrected chi connectivity index (χ0v) is 20.6. The molecule has 1 aliphatic rings. The molecule has 0 spiro atoms. The number of carbonyl (C=O) groups excluding carboxylic acids is 2. The van der Waals surface area contributed by atoms with Crippen molar-refractivity contribution in [1.82, 2.24) is 19.8 Å². The normalized spacial score (nSPS) is 14.5. The van der Waals surface area contributed by atoms with Crippen LogP contribution >= 0.6 is 23.2 Å². The minimum absolute atomic E-state index is 0.0188. The van der Waals surface area contributed by atoms with Crippen LogP contribution in [0.2, 0.25) is 10.0 Å². The third-order valence-electron chi connectivity index (χ3n) is 5.44. The van der Waals surface area contributed by atoms with Gasteiger partial charge in [0.1, 0.15) is 0 Å². The maximum atomic E-state index is 13.2. The van der Waals surface area contributed by atoms with Crippen LogP contribution in [0.25, 0.3) is 0 Å². The molecule has 4 rings (SSSR count). The summed E-state index contributed by atoms with van der Waals surface area (Å²) in [6, 6.07) is 9.95. The smallest absolute Gasteiger partial charge is 0.283 e. The maximum Gasteiger partial charge on any atom is 0.283 e. The number of hydrogen-bond acceptors (Lipinski definition) is 7. The highest BCUT2D eigenvalue weighted by Gasteiger charge is 2.28. The molecule has 10 nitrogen and oxygen atoms in total. The Balaban J connectivity index is 1.71. The summed E-state index contributed by atoms with van der Waals surface area (Å²) in [4.78, 5) is 26.0. The predicted molar refractivity (Wildman–Crippen MR) is 133 cm³/mol. The number of aromatic nitrogens is 2. The Bertz CT molecular complexity index is 1350. The molecule has 0 radical (unpaired) electrons. The van der Waals surface area contributed by atoms with E-state index in [2.05, 4.69) is 21.0 Å². The van der Waals surface area contributed by atoms with Gasteiger partial charge in [-0.2, -0.15) is 17.6 Å². The first kappa shape index (κ1) is 25.0. The Morgan fingerprint density at radius 3 is 2.29 bits per heavy atom. The third-order valence-corrected chi connectivity index (χ3v) is 7.62. The van der Waals surface area contributed by atoms with Gasteiger partial charge in [-0.05, 0) is 62.3 Å². The first-order valence-electron chi connectivity index (χ1n) is 10.6. The standard InChI is InChI=1S/C22H22Cl2N6O4S/c23-16-2-1-3-17(24)19(16)21(31)28-18-12-30(35(33,34)15-6-4-13(25)5-7-15)29-20(18)22(32)27-14-8-10-26-11-9-14/h1-7,12,14,26H,8-11,25H2,(H,27,32)(H,28,31). The fourth-order valence-corrected chi connectivity index (χ4v) is 5.30. The molecule has 1 aromatic heterocycles. The summed E-state index contributed by atoms with van der Waals surface area (Å²) in [6.45, 7) is 1.47. The monoisotopic (exact) mass is 536 g/mol. The fraction of sp³-hybridized carbons (Fsp3) is 0.227. The molecule has 1 fully saturated rings. The van der Waals surface area contributed by atoms with E-state index in [9.17, 15) is 18.0 Å². The zero-order chi connectivity index (χ0) is 25.2. The van der Waals surface area contributed by atoms with Crippen molar-refractivity contribution in [3.63, 3.8) is 0 Å². The minimum atomic E-state index is -4.18. The molecule has 0 atom stereocenters. The van der Waals surface area contributed by atoms with Gasteiger partial charge in [0.05, 0.1) is 32.4 Å². The van der Waals surface area contributed by atoms with Crippen LogP contribution in [0.4, 0.5) is 11.4 Å². The number of halogens is 2. The van der Waals surface area contributed by atoms with Gasteiger partial charge in [-0.1, -0.05) is 29.3 Å². The molecule has 2 amide bonds. The van der Waals surface area contributed by atoms with Crippen LogP contribution in [0.3, 0.4) is 0 Å². The van der Waals surface area contributed by atoms with Gasteiger partial charge in [-0.15, -0.1) is 0 Å². The van der Waals surface area contributed by atoms with E-state index in [1.807, 2.05) is 0 Å². The van der Waals surface area contributed by atoms with E-state index >= 15 is 0 Å². The van der Waals surface area contributed by atoms with E-state index in [1.165, 1.54) is 36.4 Å². The fourth-order valence-electron chi connectivity index (χ4n) is 3.60. The molecule has 1 aliphatic heterocycles. The van der Waals surface area contributed by atoms with Crippen LogP contribution in [-0.4, -0.2) is 48.5 Å². The number of hydrogen-bond donors (Lipinski definition) is 4. The van der Waals surface area contributed by atoms with Gasteiger partial charge in [-0.3, -0.25) is 9.59 Å². The zero-order valence-electron chi connectivity index (χ0n) is 18.3. The molecule has 13 heteroatoms. The quantitative estimate of drug-likeness (QED) is 0.354. The molecule has 0 unspecified atom stereocenters. The highest BCUT2D eigenvalue weighted by molar-refractivity contribution is 7.89. The molecule has 1 saturated heterocycles. The number of nitrogens with two attached hydrogens (primary N) is 1. The van der Waals surface area contributed by atoms with Crippen LogP contribution in [-0.2, 0) is 10.0 Å². The van der Waals surface area contributed by atoms with E-state index in [0.717, 1.165) is 19.3 Å². The second-order valence-electron chi connectivity index (χ2n) is 7.89. The summed E-state index contributed by atoms with van der Waals surface area (Å²) in [5.74, 6) is -1.34. The molecule has 0 bridgehead atoms. The van der Waals surface area contributed by atoms with E-state index in [-0.39, 0.29) is 37.9 Å². The molecule has 35 heavy (non-hydrogen) atoms. The van der Waals surface area contributed by atoms with Crippen molar-refractivity contribution in [2.24, 2.45) is 0 Å². The lowest BCUT2D eigenvalue weighted by Gasteiger charge is -2.23. The van der Waals surface area contributed by atoms with E-state index in [4.69, 9.17) is 28.9 Å². The number of amides is 2. The average molecular weight is 537 g/mol. The second-order valence-corrected chi connectivity index (χ2v) is 10.5. The molecule has 3 aromatic rings. The van der Waals surface area contributed by atoms with Gasteiger partial charge in [0.25, 0.3) is 21.8 Å². The second kappa shape index (κ2) is 10.2. The van der Waals surface area contributed by atoms with Crippen LogP contribution in [0.1, 0.15) is 33.7 Å². The molecule has 5 N–H and O–H groups in total. The Morgan fingerprint density at radius 2 is 1.66 bits per heavy atom. The molecule has 184 valence electrons. The van der Waals surface area contributed by atoms with Crippen LogP contribution in [0, 0.1) is 0 Å². The van der Waals surface area contributed by atoms with Gasteiger partial charge in [0.15, 0.2) is 5.69 Å². The molecule has 2 aromatic carbocycles. The minimum Gasteiger partial charge on any atom is -0.399 e. The number of nitrogen functional groups attached to an aromatic ring is 1. The molecule has 0 aliphatic carbocycles. The molecular formula is C22H22Cl2N6O4S. The van der Waals surface area contributed by atoms with Gasteiger partial charge in [0.2, 0.25) is 0 Å². The maximum absolute atomic E-state index is 13.2. The summed E-state index contributed by atoms with van der Waals surface area (Å²) in [5, 5.41) is 12.8. The van der Waals surface area contributed by atoms with Gasteiger partial charge in [0, 0.05) is 11.7 Å². The highest BCUT2D eigenvalue weighted by atomic mass is 35.5. The first-order chi connectivity index (χ1) is 16.7. The Kier molecular flexibility index (Phi) is 7.31. The van der Waals surface area contributed by atoms with Crippen molar-refractivity contribution in [2.75, 3.05) is 24.1 Å². The van der Waals surface area contributed by atoms with Crippen LogP contribution < -0.4 is 21.7 Å². The van der Waals surface area contributed by atoms with Gasteiger partial charge in [-0.25, -0.2) is 0 Å². The van der Waals surface area contributed by atoms with Crippen molar-refractivity contribution in [3.8, 4) is 0 Å². The molecular weight excluding hydrogens is 515 g/mol. The van der Waals surface area contributed by atoms with Crippen molar-refractivity contribution >= 4 is 56.4 Å². The summed E-state index contributed by atoms with van der Waals surface area (Å²) < 4.78 is 26.9. The lowest BCUT2D eigenvalue weighted by Crippen LogP contribution is -2.43. The van der Waals surface area contributed by atoms with Crippen LogP contribution in [0.5, 0.6) is 0 Å². The number of anilines is 2. The summed E-state index contributed by atoms with van der Waals surface area (Å²) >= 11 is 12.3. The van der Waals surface area contributed by atoms with Crippen molar-refractivity contribution < 1.29 is 18.0 Å². The summed E-state index contributed by atoms with van der Waals surface area (Å²) in [7, 11) is -4.18. The predicted octanol–water partition coefficient (Wildman–Crippen LogP) is 2.74. The molecule has 2 heterocycles. The number of benzene rings is 2. The number of carbonyl (C=O) groups is 2. The number of rotatable bonds is 6. The SMILES string of the molecule is Nc1ccc(S(=O)(=O)n2cc(NC(=O)c3c(Cl)cccc3Cl)c(C(=O)NC3CCNCC3)n2)cc1. The van der Waals surface area contributed by atoms with E-state index < -0.39 is 21.8 Å². The largest absolute Gasteiger partial charge is 0.399 e. The number of nitrogens with zero attached hydrogens (tertiary/aromatic N) is 2. The Labute approximate surface area is 211 Å². The Hall–Kier alpha value is -3.12. The number of nitrogens with one attached hydrogen (secondary N) is 3. The third kappa shape index (κ3) is 5.43. The van der Waals surface area contributed by atoms with Crippen molar-refractivity contribution in [2.45, 2.75) is 23.8 Å². The highest BCUT2D eigenvalue weighted by Crippen LogP contribution is 2.27. The topological polar surface area (TPSA) is 148 Å². The van der Waals surface area contributed by atoms with Crippen molar-refractivity contribution in [3.05, 3.63) is 70.0 Å². The lowest BCUT2D eigenvalue weighted by molar-refractivity contribution is 0.0925. The van der Waals surface area contributed by atoms with E-state index in [0.29, 0.717) is 22.6 Å². The summed E-state index contributed by atoms with van der Waals surface area (Å²) in [5.41, 5.74) is 5.64.